The Morgan fingerprint density at radius 1 is 1.33 bits per heavy atom. The highest BCUT2D eigenvalue weighted by molar-refractivity contribution is 5.77. The fraction of sp³-hybridized carbons (Fsp3) is 0.500. The number of para-hydroxylation sites is 1. The van der Waals surface area contributed by atoms with Gasteiger partial charge in [-0.3, -0.25) is 19.8 Å². The van der Waals surface area contributed by atoms with Crippen LogP contribution in [0.2, 0.25) is 0 Å². The predicted molar refractivity (Wildman–Crippen MR) is 77.2 cm³/mol. The normalized spacial score (nSPS) is 18.3. The first-order valence-corrected chi connectivity index (χ1v) is 6.97. The van der Waals surface area contributed by atoms with Crippen molar-refractivity contribution in [1.82, 2.24) is 9.80 Å². The van der Waals surface area contributed by atoms with E-state index in [4.69, 9.17) is 0 Å². The van der Waals surface area contributed by atoms with Crippen molar-refractivity contribution < 1.29 is 14.8 Å². The minimum absolute atomic E-state index is 0.136. The summed E-state index contributed by atoms with van der Waals surface area (Å²) >= 11 is 0. The van der Waals surface area contributed by atoms with Crippen molar-refractivity contribution in [3.8, 4) is 0 Å². The SMILES string of the molecule is CCN1CCN(C(C(=O)O)c2ccccc2[N+](=O)[O-])CC1. The second-order valence-corrected chi connectivity index (χ2v) is 5.03. The first-order chi connectivity index (χ1) is 10.0. The van der Waals surface area contributed by atoms with Gasteiger partial charge >= 0.3 is 5.97 Å². The molecule has 1 N–H and O–H groups in total. The molecule has 0 bridgehead atoms. The number of hydrogen-bond acceptors (Lipinski definition) is 5. The molecule has 0 spiro atoms. The van der Waals surface area contributed by atoms with E-state index in [1.54, 1.807) is 17.0 Å². The van der Waals surface area contributed by atoms with Crippen LogP contribution < -0.4 is 0 Å². The monoisotopic (exact) mass is 293 g/mol. The summed E-state index contributed by atoms with van der Waals surface area (Å²) in [5, 5.41) is 20.6. The first kappa shape index (κ1) is 15.4. The third-order valence-corrected chi connectivity index (χ3v) is 3.88. The van der Waals surface area contributed by atoms with Crippen LogP contribution in [0.1, 0.15) is 18.5 Å². The van der Waals surface area contributed by atoms with Crippen LogP contribution in [0, 0.1) is 10.1 Å². The van der Waals surface area contributed by atoms with E-state index >= 15 is 0 Å². The molecule has 0 aliphatic carbocycles. The van der Waals surface area contributed by atoms with Crippen molar-refractivity contribution in [2.75, 3.05) is 32.7 Å². The van der Waals surface area contributed by atoms with Gasteiger partial charge in [0.2, 0.25) is 0 Å². The number of aliphatic carboxylic acids is 1. The zero-order chi connectivity index (χ0) is 15.4. The Kier molecular flexibility index (Phi) is 4.87. The zero-order valence-corrected chi connectivity index (χ0v) is 11.9. The van der Waals surface area contributed by atoms with Gasteiger partial charge in [-0.2, -0.15) is 0 Å². The van der Waals surface area contributed by atoms with Crippen LogP contribution in [-0.2, 0) is 4.79 Å². The maximum atomic E-state index is 11.6. The van der Waals surface area contributed by atoms with Crippen LogP contribution in [0.4, 0.5) is 5.69 Å². The Morgan fingerprint density at radius 3 is 2.48 bits per heavy atom. The molecule has 1 aliphatic heterocycles. The molecule has 1 saturated heterocycles. The van der Waals surface area contributed by atoms with E-state index in [2.05, 4.69) is 11.8 Å². The molecule has 0 saturated carbocycles. The average Bonchev–Trinajstić information content (AvgIpc) is 2.48. The number of nitro benzene ring substituents is 1. The Bertz CT molecular complexity index is 527. The van der Waals surface area contributed by atoms with Gasteiger partial charge in [0, 0.05) is 32.2 Å². The third-order valence-electron chi connectivity index (χ3n) is 3.88. The van der Waals surface area contributed by atoms with E-state index in [1.807, 2.05) is 0 Å². The van der Waals surface area contributed by atoms with E-state index in [0.717, 1.165) is 19.6 Å². The van der Waals surface area contributed by atoms with E-state index < -0.39 is 16.9 Å². The van der Waals surface area contributed by atoms with Crippen molar-refractivity contribution in [2.45, 2.75) is 13.0 Å². The number of benzene rings is 1. The summed E-state index contributed by atoms with van der Waals surface area (Å²) in [5.74, 6) is -1.05. The van der Waals surface area contributed by atoms with Crippen molar-refractivity contribution in [3.05, 3.63) is 39.9 Å². The van der Waals surface area contributed by atoms with Gasteiger partial charge in [0.05, 0.1) is 10.5 Å². The maximum Gasteiger partial charge on any atom is 0.325 e. The zero-order valence-electron chi connectivity index (χ0n) is 11.9. The summed E-state index contributed by atoms with van der Waals surface area (Å²) in [6.07, 6.45) is 0. The van der Waals surface area contributed by atoms with E-state index in [9.17, 15) is 20.0 Å². The lowest BCUT2D eigenvalue weighted by atomic mass is 10.0. The summed E-state index contributed by atoms with van der Waals surface area (Å²) in [4.78, 5) is 26.3. The van der Waals surface area contributed by atoms with Crippen LogP contribution in [0.15, 0.2) is 24.3 Å². The quantitative estimate of drug-likeness (QED) is 0.651. The lowest BCUT2D eigenvalue weighted by Crippen LogP contribution is -2.49. The molecule has 7 heteroatoms. The molecule has 1 heterocycles. The number of carbonyl (C=O) groups is 1. The predicted octanol–water partition coefficient (Wildman–Crippen LogP) is 1.36. The molecule has 1 aliphatic rings. The van der Waals surface area contributed by atoms with Crippen LogP contribution in [0.3, 0.4) is 0 Å². The van der Waals surface area contributed by atoms with Crippen molar-refractivity contribution in [3.63, 3.8) is 0 Å². The molecule has 1 atom stereocenters. The van der Waals surface area contributed by atoms with Gasteiger partial charge in [-0.25, -0.2) is 0 Å². The van der Waals surface area contributed by atoms with Gasteiger partial charge < -0.3 is 10.0 Å². The molecule has 114 valence electrons. The summed E-state index contributed by atoms with van der Waals surface area (Å²) in [6, 6.07) is 5.11. The molecule has 1 fully saturated rings. The fourth-order valence-electron chi connectivity index (χ4n) is 2.71. The standard InChI is InChI=1S/C14H19N3O4/c1-2-15-7-9-16(10-8-15)13(14(18)19)11-5-3-4-6-12(11)17(20)21/h3-6,13H,2,7-10H2,1H3,(H,18,19). The average molecular weight is 293 g/mol. The van der Waals surface area contributed by atoms with E-state index in [-0.39, 0.29) is 11.3 Å². The van der Waals surface area contributed by atoms with Gasteiger partial charge in [0.1, 0.15) is 6.04 Å². The van der Waals surface area contributed by atoms with Gasteiger partial charge in [0.15, 0.2) is 0 Å². The second-order valence-electron chi connectivity index (χ2n) is 5.03. The summed E-state index contributed by atoms with van der Waals surface area (Å²) in [7, 11) is 0. The summed E-state index contributed by atoms with van der Waals surface area (Å²) in [6.45, 7) is 5.74. The number of hydrogen-bond donors (Lipinski definition) is 1. The third kappa shape index (κ3) is 3.37. The van der Waals surface area contributed by atoms with Crippen molar-refractivity contribution in [1.29, 1.82) is 0 Å². The van der Waals surface area contributed by atoms with Gasteiger partial charge in [-0.15, -0.1) is 0 Å². The first-order valence-electron chi connectivity index (χ1n) is 6.97. The molecule has 0 amide bonds. The highest BCUT2D eigenvalue weighted by Crippen LogP contribution is 2.30. The van der Waals surface area contributed by atoms with Gasteiger partial charge in [0.25, 0.3) is 5.69 Å². The molecule has 0 aromatic heterocycles. The molecule has 2 rings (SSSR count). The molecule has 1 aromatic carbocycles. The maximum absolute atomic E-state index is 11.6. The summed E-state index contributed by atoms with van der Waals surface area (Å²) in [5.41, 5.74) is 0.114. The minimum atomic E-state index is -1.05. The summed E-state index contributed by atoms with van der Waals surface area (Å²) < 4.78 is 0. The number of rotatable bonds is 5. The fourth-order valence-corrected chi connectivity index (χ4v) is 2.71. The Hall–Kier alpha value is -1.99. The number of likely N-dealkylation sites (N-methyl/N-ethyl adjacent to an activating group) is 1. The Labute approximate surface area is 122 Å². The minimum Gasteiger partial charge on any atom is -0.480 e. The molecule has 1 aromatic rings. The molecular weight excluding hydrogens is 274 g/mol. The number of nitrogens with zero attached hydrogens (tertiary/aromatic N) is 3. The molecule has 7 nitrogen and oxygen atoms in total. The highest BCUT2D eigenvalue weighted by atomic mass is 16.6. The molecule has 1 unspecified atom stereocenters. The Balaban J connectivity index is 2.28. The van der Waals surface area contributed by atoms with Crippen molar-refractivity contribution in [2.24, 2.45) is 0 Å². The molecule has 0 radical (unpaired) electrons. The number of nitro groups is 1. The van der Waals surface area contributed by atoms with Gasteiger partial charge in [-0.05, 0) is 12.6 Å². The Morgan fingerprint density at radius 2 is 1.95 bits per heavy atom. The number of carboxylic acids is 1. The van der Waals surface area contributed by atoms with Crippen LogP contribution in [0.5, 0.6) is 0 Å². The van der Waals surface area contributed by atoms with Crippen molar-refractivity contribution >= 4 is 11.7 Å². The lowest BCUT2D eigenvalue weighted by Gasteiger charge is -2.37. The van der Waals surface area contributed by atoms with Gasteiger partial charge in [-0.1, -0.05) is 19.1 Å². The topological polar surface area (TPSA) is 86.9 Å². The highest BCUT2D eigenvalue weighted by Gasteiger charge is 2.34. The van der Waals surface area contributed by atoms with Crippen LogP contribution >= 0.6 is 0 Å². The van der Waals surface area contributed by atoms with E-state index in [1.165, 1.54) is 12.1 Å². The molecular formula is C14H19N3O4. The van der Waals surface area contributed by atoms with Crippen LogP contribution in [-0.4, -0.2) is 58.5 Å². The number of piperazine rings is 1. The number of carboxylic acid groups (broad SMARTS) is 1. The van der Waals surface area contributed by atoms with Crippen LogP contribution in [0.25, 0.3) is 0 Å². The second kappa shape index (κ2) is 6.64. The lowest BCUT2D eigenvalue weighted by molar-refractivity contribution is -0.386. The largest absolute Gasteiger partial charge is 0.480 e. The smallest absolute Gasteiger partial charge is 0.325 e. The van der Waals surface area contributed by atoms with E-state index in [0.29, 0.717) is 13.1 Å². The molecule has 21 heavy (non-hydrogen) atoms.